The molecule has 1 unspecified atom stereocenters. The van der Waals surface area contributed by atoms with E-state index in [0.717, 1.165) is 17.0 Å². The fourth-order valence-electron chi connectivity index (χ4n) is 1.74. The second kappa shape index (κ2) is 3.93. The maximum absolute atomic E-state index is 12.8. The van der Waals surface area contributed by atoms with Crippen molar-refractivity contribution in [3.05, 3.63) is 64.7 Å². The van der Waals surface area contributed by atoms with E-state index in [2.05, 4.69) is 9.98 Å². The minimum absolute atomic E-state index is 0.0286. The molecule has 1 aromatic heterocycles. The molecule has 0 N–H and O–H groups in total. The Kier molecular flexibility index (Phi) is 2.41. The number of benzene rings is 1. The van der Waals surface area contributed by atoms with Crippen LogP contribution in [0, 0.1) is 5.82 Å². The summed E-state index contributed by atoms with van der Waals surface area (Å²) in [6.07, 6.45) is 0. The topological polar surface area (TPSA) is 25.2 Å². The first-order chi connectivity index (χ1) is 8.24. The number of aliphatic imine (C=N–C) groups is 1. The number of halogens is 2. The third-order valence-electron chi connectivity index (χ3n) is 2.62. The van der Waals surface area contributed by atoms with Gasteiger partial charge < -0.3 is 0 Å². The highest BCUT2D eigenvalue weighted by Gasteiger charge is 2.31. The van der Waals surface area contributed by atoms with Crippen molar-refractivity contribution in [2.75, 3.05) is 0 Å². The van der Waals surface area contributed by atoms with Crippen molar-refractivity contribution >= 4 is 17.3 Å². The lowest BCUT2D eigenvalue weighted by atomic mass is 10.1. The average molecular weight is 247 g/mol. The van der Waals surface area contributed by atoms with Crippen molar-refractivity contribution in [1.82, 2.24) is 4.98 Å². The first-order valence-electron chi connectivity index (χ1n) is 5.20. The second-order valence-corrected chi connectivity index (χ2v) is 4.20. The molecule has 0 aliphatic carbocycles. The summed E-state index contributed by atoms with van der Waals surface area (Å²) < 4.78 is 12.8. The maximum atomic E-state index is 12.8. The minimum atomic E-state index is -0.243. The van der Waals surface area contributed by atoms with Gasteiger partial charge in [0.2, 0.25) is 0 Å². The van der Waals surface area contributed by atoms with E-state index >= 15 is 0 Å². The summed E-state index contributed by atoms with van der Waals surface area (Å²) in [6, 6.07) is 11.7. The van der Waals surface area contributed by atoms with Crippen LogP contribution in [0.3, 0.4) is 0 Å². The van der Waals surface area contributed by atoms with Crippen LogP contribution in [0.1, 0.15) is 17.3 Å². The third-order valence-corrected chi connectivity index (χ3v) is 2.83. The van der Waals surface area contributed by atoms with Crippen molar-refractivity contribution in [1.29, 1.82) is 0 Å². The highest BCUT2D eigenvalue weighted by atomic mass is 35.5. The summed E-state index contributed by atoms with van der Waals surface area (Å²) in [4.78, 5) is 8.54. The Bertz CT molecular complexity index is 593. The van der Waals surface area contributed by atoms with Crippen molar-refractivity contribution in [3.8, 4) is 0 Å². The molecule has 0 bridgehead atoms. The third kappa shape index (κ3) is 2.06. The molecule has 0 spiro atoms. The Morgan fingerprint density at radius 3 is 2.53 bits per heavy atom. The summed E-state index contributed by atoms with van der Waals surface area (Å²) in [5.74, 6) is -0.243. The smallest absolute Gasteiger partial charge is 0.134 e. The summed E-state index contributed by atoms with van der Waals surface area (Å²) in [6.45, 7) is 0. The standard InChI is InChI=1S/C13H8ClFN2/c14-11-3-1-2-10(16-11)13-12(17-13)8-4-6-9(15)7-5-8/h1-7,13H. The molecule has 0 radical (unpaired) electrons. The van der Waals surface area contributed by atoms with E-state index in [9.17, 15) is 4.39 Å². The zero-order valence-corrected chi connectivity index (χ0v) is 9.53. The van der Waals surface area contributed by atoms with Gasteiger partial charge in [-0.2, -0.15) is 0 Å². The van der Waals surface area contributed by atoms with E-state index in [1.807, 2.05) is 12.1 Å². The molecule has 4 heteroatoms. The highest BCUT2D eigenvalue weighted by molar-refractivity contribution is 6.29. The van der Waals surface area contributed by atoms with E-state index in [1.54, 1.807) is 18.2 Å². The SMILES string of the molecule is Fc1ccc(C2=NC2c2cccc(Cl)n2)cc1. The quantitative estimate of drug-likeness (QED) is 0.746. The lowest BCUT2D eigenvalue weighted by Gasteiger charge is -1.98. The van der Waals surface area contributed by atoms with E-state index in [0.29, 0.717) is 5.15 Å². The van der Waals surface area contributed by atoms with Crippen LogP contribution < -0.4 is 0 Å². The lowest BCUT2D eigenvalue weighted by Crippen LogP contribution is -1.96. The molecular weight excluding hydrogens is 239 g/mol. The summed E-state index contributed by atoms with van der Waals surface area (Å²) in [5.41, 5.74) is 2.69. The largest absolute Gasteiger partial charge is 0.270 e. The van der Waals surface area contributed by atoms with E-state index in [-0.39, 0.29) is 11.9 Å². The fourth-order valence-corrected chi connectivity index (χ4v) is 1.91. The van der Waals surface area contributed by atoms with Gasteiger partial charge in [-0.15, -0.1) is 0 Å². The Labute approximate surface area is 103 Å². The molecule has 0 saturated carbocycles. The van der Waals surface area contributed by atoms with Crippen LogP contribution in [0.4, 0.5) is 4.39 Å². The van der Waals surface area contributed by atoms with Crippen molar-refractivity contribution in [3.63, 3.8) is 0 Å². The van der Waals surface area contributed by atoms with Gasteiger partial charge in [0, 0.05) is 0 Å². The molecule has 1 aliphatic heterocycles. The van der Waals surface area contributed by atoms with Crippen LogP contribution in [-0.4, -0.2) is 10.7 Å². The maximum Gasteiger partial charge on any atom is 0.134 e. The van der Waals surface area contributed by atoms with Gasteiger partial charge in [0.05, 0.1) is 11.4 Å². The van der Waals surface area contributed by atoms with Gasteiger partial charge in [-0.1, -0.05) is 29.8 Å². The van der Waals surface area contributed by atoms with E-state index in [1.165, 1.54) is 12.1 Å². The molecule has 2 aromatic rings. The molecule has 17 heavy (non-hydrogen) atoms. The minimum Gasteiger partial charge on any atom is -0.270 e. The molecule has 84 valence electrons. The molecule has 3 rings (SSSR count). The summed E-state index contributed by atoms with van der Waals surface area (Å²) in [7, 11) is 0. The molecule has 0 saturated heterocycles. The molecule has 1 aliphatic rings. The van der Waals surface area contributed by atoms with E-state index < -0.39 is 0 Å². The number of nitrogens with zero attached hydrogens (tertiary/aromatic N) is 2. The summed E-state index contributed by atoms with van der Waals surface area (Å²) >= 11 is 5.82. The molecular formula is C13H8ClFN2. The van der Waals surface area contributed by atoms with Gasteiger partial charge in [0.25, 0.3) is 0 Å². The van der Waals surface area contributed by atoms with Gasteiger partial charge in [0.1, 0.15) is 17.0 Å². The van der Waals surface area contributed by atoms with Gasteiger partial charge in [-0.05, 0) is 29.8 Å². The first-order valence-corrected chi connectivity index (χ1v) is 5.58. The van der Waals surface area contributed by atoms with Crippen LogP contribution in [-0.2, 0) is 0 Å². The van der Waals surface area contributed by atoms with Gasteiger partial charge in [0.15, 0.2) is 0 Å². The number of rotatable bonds is 2. The zero-order valence-electron chi connectivity index (χ0n) is 8.77. The van der Waals surface area contributed by atoms with Crippen LogP contribution in [0.15, 0.2) is 47.5 Å². The average Bonchev–Trinajstić information content (AvgIpc) is 3.10. The normalized spacial score (nSPS) is 17.8. The van der Waals surface area contributed by atoms with E-state index in [4.69, 9.17) is 11.6 Å². The second-order valence-electron chi connectivity index (χ2n) is 3.81. The zero-order chi connectivity index (χ0) is 11.8. The Hall–Kier alpha value is -1.74. The molecule has 0 fully saturated rings. The van der Waals surface area contributed by atoms with Crippen molar-refractivity contribution < 1.29 is 4.39 Å². The number of pyridine rings is 1. The Morgan fingerprint density at radius 1 is 1.06 bits per heavy atom. The number of aromatic nitrogens is 1. The summed E-state index contributed by atoms with van der Waals surface area (Å²) in [5, 5.41) is 0.461. The Morgan fingerprint density at radius 2 is 1.82 bits per heavy atom. The van der Waals surface area contributed by atoms with Crippen LogP contribution in [0.25, 0.3) is 0 Å². The van der Waals surface area contributed by atoms with Crippen molar-refractivity contribution in [2.24, 2.45) is 4.99 Å². The molecule has 1 atom stereocenters. The monoisotopic (exact) mass is 246 g/mol. The van der Waals surface area contributed by atoms with Gasteiger partial charge in [-0.25, -0.2) is 9.37 Å². The first kappa shape index (κ1) is 10.4. The van der Waals surface area contributed by atoms with Crippen LogP contribution >= 0.6 is 11.6 Å². The molecule has 2 nitrogen and oxygen atoms in total. The van der Waals surface area contributed by atoms with Gasteiger partial charge in [-0.3, -0.25) is 4.99 Å². The fraction of sp³-hybridized carbons (Fsp3) is 0.0769. The highest BCUT2D eigenvalue weighted by Crippen LogP contribution is 2.34. The van der Waals surface area contributed by atoms with Crippen LogP contribution in [0.5, 0.6) is 0 Å². The van der Waals surface area contributed by atoms with Crippen molar-refractivity contribution in [2.45, 2.75) is 6.04 Å². The predicted octanol–water partition coefficient (Wildman–Crippen LogP) is 3.42. The number of hydrogen-bond acceptors (Lipinski definition) is 2. The lowest BCUT2D eigenvalue weighted by molar-refractivity contribution is 0.628. The number of hydrogen-bond donors (Lipinski definition) is 0. The molecule has 0 amide bonds. The van der Waals surface area contributed by atoms with Gasteiger partial charge >= 0.3 is 0 Å². The Balaban J connectivity index is 1.82. The van der Waals surface area contributed by atoms with Crippen LogP contribution in [0.2, 0.25) is 5.15 Å². The predicted molar refractivity (Wildman–Crippen MR) is 64.9 cm³/mol. The molecule has 2 heterocycles. The molecule has 1 aromatic carbocycles.